The van der Waals surface area contributed by atoms with Gasteiger partial charge in [-0.3, -0.25) is 14.9 Å². The molecule has 0 amide bonds. The number of benzene rings is 1. The highest BCUT2D eigenvalue weighted by molar-refractivity contribution is 5.25. The first-order valence-corrected chi connectivity index (χ1v) is 5.86. The molecule has 0 aliphatic heterocycles. The zero-order valence-corrected chi connectivity index (χ0v) is 10.6. The van der Waals surface area contributed by atoms with Crippen molar-refractivity contribution >= 4 is 5.69 Å². The lowest BCUT2D eigenvalue weighted by atomic mass is 10.1. The van der Waals surface area contributed by atoms with Gasteiger partial charge in [-0.1, -0.05) is 0 Å². The molecule has 0 spiro atoms. The van der Waals surface area contributed by atoms with Gasteiger partial charge >= 0.3 is 0 Å². The summed E-state index contributed by atoms with van der Waals surface area (Å²) in [6, 6.07) is 4.54. The molecule has 2 aromatic rings. The van der Waals surface area contributed by atoms with Crippen LogP contribution in [0.25, 0.3) is 0 Å². The SMILES string of the molecule is O=c1ccc([N+](=O)[O-])cn1CC(O)c1cc(F)ccc1F. The predicted octanol–water partition coefficient (Wildman–Crippen LogP) is 1.77. The van der Waals surface area contributed by atoms with Crippen LogP contribution in [-0.4, -0.2) is 14.6 Å². The van der Waals surface area contributed by atoms with Gasteiger partial charge in [0.25, 0.3) is 11.2 Å². The maximum Gasteiger partial charge on any atom is 0.285 e. The predicted molar refractivity (Wildman–Crippen MR) is 68.7 cm³/mol. The fourth-order valence-electron chi connectivity index (χ4n) is 1.82. The average Bonchev–Trinajstić information content (AvgIpc) is 2.43. The molecular formula is C13H10F2N2O4. The second-order valence-electron chi connectivity index (χ2n) is 4.32. The van der Waals surface area contributed by atoms with Gasteiger partial charge in [-0.2, -0.15) is 0 Å². The van der Waals surface area contributed by atoms with Crippen LogP contribution in [0.1, 0.15) is 11.7 Å². The molecule has 0 saturated carbocycles. The molecule has 1 aromatic carbocycles. The molecule has 21 heavy (non-hydrogen) atoms. The summed E-state index contributed by atoms with van der Waals surface area (Å²) in [5.41, 5.74) is -1.27. The first-order chi connectivity index (χ1) is 9.88. The molecule has 2 rings (SSSR count). The largest absolute Gasteiger partial charge is 0.386 e. The van der Waals surface area contributed by atoms with Crippen molar-refractivity contribution in [3.05, 3.63) is 74.2 Å². The normalized spacial score (nSPS) is 12.1. The molecule has 0 radical (unpaired) electrons. The third-order valence-electron chi connectivity index (χ3n) is 2.87. The second-order valence-corrected chi connectivity index (χ2v) is 4.32. The maximum atomic E-state index is 13.5. The van der Waals surface area contributed by atoms with Crippen molar-refractivity contribution in [1.82, 2.24) is 4.57 Å². The Hall–Kier alpha value is -2.61. The van der Waals surface area contributed by atoms with Gasteiger partial charge in [0.2, 0.25) is 0 Å². The van der Waals surface area contributed by atoms with Gasteiger partial charge in [-0.25, -0.2) is 8.78 Å². The average molecular weight is 296 g/mol. The van der Waals surface area contributed by atoms with Crippen LogP contribution in [0, 0.1) is 21.7 Å². The van der Waals surface area contributed by atoms with E-state index in [4.69, 9.17) is 0 Å². The Balaban J connectivity index is 2.33. The summed E-state index contributed by atoms with van der Waals surface area (Å²) in [6.07, 6.45) is -0.580. The molecule has 8 heteroatoms. The summed E-state index contributed by atoms with van der Waals surface area (Å²) >= 11 is 0. The molecule has 1 N–H and O–H groups in total. The molecule has 1 unspecified atom stereocenters. The summed E-state index contributed by atoms with van der Waals surface area (Å²) in [4.78, 5) is 21.5. The third kappa shape index (κ3) is 3.29. The molecular weight excluding hydrogens is 286 g/mol. The first kappa shape index (κ1) is 14.8. The summed E-state index contributed by atoms with van der Waals surface area (Å²) in [7, 11) is 0. The van der Waals surface area contributed by atoms with E-state index in [0.717, 1.165) is 41.1 Å². The van der Waals surface area contributed by atoms with Crippen molar-refractivity contribution in [2.75, 3.05) is 0 Å². The van der Waals surface area contributed by atoms with Crippen LogP contribution in [0.4, 0.5) is 14.5 Å². The van der Waals surface area contributed by atoms with Gasteiger partial charge in [0, 0.05) is 17.7 Å². The Morgan fingerprint density at radius 1 is 1.29 bits per heavy atom. The number of nitrogens with zero attached hydrogens (tertiary/aromatic N) is 2. The van der Waals surface area contributed by atoms with Crippen LogP contribution in [-0.2, 0) is 6.54 Å². The number of halogens is 2. The van der Waals surface area contributed by atoms with E-state index in [1.807, 2.05) is 0 Å². The number of aliphatic hydroxyl groups excluding tert-OH is 1. The lowest BCUT2D eigenvalue weighted by molar-refractivity contribution is -0.385. The van der Waals surface area contributed by atoms with Gasteiger partial charge in [0.05, 0.1) is 23.8 Å². The molecule has 6 nitrogen and oxygen atoms in total. The van der Waals surface area contributed by atoms with Crippen LogP contribution in [0.2, 0.25) is 0 Å². The van der Waals surface area contributed by atoms with Crippen molar-refractivity contribution in [2.24, 2.45) is 0 Å². The molecule has 0 bridgehead atoms. The number of pyridine rings is 1. The van der Waals surface area contributed by atoms with Gasteiger partial charge in [0.1, 0.15) is 11.6 Å². The molecule has 0 aliphatic rings. The molecule has 0 saturated heterocycles. The summed E-state index contributed by atoms with van der Waals surface area (Å²) in [5.74, 6) is -1.57. The van der Waals surface area contributed by atoms with Gasteiger partial charge in [-0.05, 0) is 18.2 Å². The van der Waals surface area contributed by atoms with Crippen LogP contribution < -0.4 is 5.56 Å². The standard InChI is InChI=1S/C13H10F2N2O4/c14-8-1-3-11(15)10(5-8)12(18)7-16-6-9(17(20)21)2-4-13(16)19/h1-6,12,18H,7H2. The van der Waals surface area contributed by atoms with Crippen LogP contribution in [0.5, 0.6) is 0 Å². The number of nitro groups is 1. The minimum Gasteiger partial charge on any atom is -0.386 e. The van der Waals surface area contributed by atoms with Crippen LogP contribution >= 0.6 is 0 Å². The second kappa shape index (κ2) is 5.80. The molecule has 0 fully saturated rings. The molecule has 1 heterocycles. The van der Waals surface area contributed by atoms with Gasteiger partial charge < -0.3 is 9.67 Å². The Labute approximate surface area is 117 Å². The lowest BCUT2D eigenvalue weighted by Crippen LogP contribution is -2.22. The maximum absolute atomic E-state index is 13.5. The van der Waals surface area contributed by atoms with E-state index in [9.17, 15) is 28.8 Å². The number of rotatable bonds is 4. The molecule has 1 atom stereocenters. The van der Waals surface area contributed by atoms with E-state index in [0.29, 0.717) is 0 Å². The summed E-state index contributed by atoms with van der Waals surface area (Å²) in [6.45, 7) is -0.430. The highest BCUT2D eigenvalue weighted by Crippen LogP contribution is 2.20. The van der Waals surface area contributed by atoms with E-state index < -0.39 is 34.8 Å². The fraction of sp³-hybridized carbons (Fsp3) is 0.154. The Bertz CT molecular complexity index is 745. The quantitative estimate of drug-likeness (QED) is 0.688. The monoisotopic (exact) mass is 296 g/mol. The number of hydrogen-bond acceptors (Lipinski definition) is 4. The molecule has 0 aliphatic carbocycles. The zero-order valence-electron chi connectivity index (χ0n) is 10.6. The van der Waals surface area contributed by atoms with Crippen molar-refractivity contribution in [3.8, 4) is 0 Å². The van der Waals surface area contributed by atoms with Gasteiger partial charge in [0.15, 0.2) is 0 Å². The lowest BCUT2D eigenvalue weighted by Gasteiger charge is -2.13. The van der Waals surface area contributed by atoms with Crippen LogP contribution in [0.15, 0.2) is 41.3 Å². The number of hydrogen-bond donors (Lipinski definition) is 1. The summed E-state index contributed by atoms with van der Waals surface area (Å²) < 4.78 is 27.4. The van der Waals surface area contributed by atoms with Crippen LogP contribution in [0.3, 0.4) is 0 Å². The fourth-order valence-corrected chi connectivity index (χ4v) is 1.82. The van der Waals surface area contributed by atoms with E-state index in [1.165, 1.54) is 0 Å². The Morgan fingerprint density at radius 2 is 2.00 bits per heavy atom. The van der Waals surface area contributed by atoms with Gasteiger partial charge in [-0.15, -0.1) is 0 Å². The van der Waals surface area contributed by atoms with E-state index in [1.54, 1.807) is 0 Å². The first-order valence-electron chi connectivity index (χ1n) is 5.86. The van der Waals surface area contributed by atoms with E-state index >= 15 is 0 Å². The van der Waals surface area contributed by atoms with E-state index in [-0.39, 0.29) is 11.3 Å². The molecule has 110 valence electrons. The van der Waals surface area contributed by atoms with Crippen molar-refractivity contribution in [2.45, 2.75) is 12.6 Å². The highest BCUT2D eigenvalue weighted by atomic mass is 19.1. The van der Waals surface area contributed by atoms with E-state index in [2.05, 4.69) is 0 Å². The topological polar surface area (TPSA) is 85.4 Å². The zero-order chi connectivity index (χ0) is 15.6. The highest BCUT2D eigenvalue weighted by Gasteiger charge is 2.16. The smallest absolute Gasteiger partial charge is 0.285 e. The number of aromatic nitrogens is 1. The summed E-state index contributed by atoms with van der Waals surface area (Å²) in [5, 5.41) is 20.5. The van der Waals surface area contributed by atoms with Crippen molar-refractivity contribution in [1.29, 1.82) is 0 Å². The minimum absolute atomic E-state index is 0.326. The van der Waals surface area contributed by atoms with Crippen molar-refractivity contribution < 1.29 is 18.8 Å². The minimum atomic E-state index is -1.51. The third-order valence-corrected chi connectivity index (χ3v) is 2.87. The Morgan fingerprint density at radius 3 is 2.67 bits per heavy atom. The number of aliphatic hydroxyl groups is 1. The molecule has 1 aromatic heterocycles. The Kier molecular flexibility index (Phi) is 4.08. The van der Waals surface area contributed by atoms with Crippen molar-refractivity contribution in [3.63, 3.8) is 0 Å².